The molecule has 1 aromatic rings. The minimum Gasteiger partial charge on any atom is -0.489 e. The number of carbonyl (C=O) groups excluding carboxylic acids is 1. The van der Waals surface area contributed by atoms with E-state index >= 15 is 0 Å². The molecule has 1 heterocycles. The molecule has 3 rings (SSSR count). The zero-order valence-electron chi connectivity index (χ0n) is 11.7. The molecule has 1 aliphatic carbocycles. The molecule has 0 N–H and O–H groups in total. The van der Waals surface area contributed by atoms with Gasteiger partial charge in [-0.3, -0.25) is 4.79 Å². The molecular weight excluding hydrogens is 316 g/mol. The summed E-state index contributed by atoms with van der Waals surface area (Å²) in [6.07, 6.45) is 9.67. The van der Waals surface area contributed by atoms with Crippen LogP contribution in [0.5, 0.6) is 5.75 Å². The van der Waals surface area contributed by atoms with Gasteiger partial charge in [0.1, 0.15) is 11.9 Å². The van der Waals surface area contributed by atoms with Crippen molar-refractivity contribution >= 4 is 21.7 Å². The number of rotatable bonds is 1. The Morgan fingerprint density at radius 3 is 2.50 bits per heavy atom. The van der Waals surface area contributed by atoms with E-state index in [9.17, 15) is 4.79 Å². The fourth-order valence-electron chi connectivity index (χ4n) is 3.44. The van der Waals surface area contributed by atoms with Crippen molar-refractivity contribution in [1.29, 1.82) is 0 Å². The first kappa shape index (κ1) is 14.1. The predicted molar refractivity (Wildman–Crippen MR) is 83.3 cm³/mol. The van der Waals surface area contributed by atoms with Crippen molar-refractivity contribution in [2.24, 2.45) is 5.92 Å². The zero-order chi connectivity index (χ0) is 13.9. The fourth-order valence-corrected chi connectivity index (χ4v) is 3.80. The van der Waals surface area contributed by atoms with Gasteiger partial charge in [0.15, 0.2) is 5.78 Å². The summed E-state index contributed by atoms with van der Waals surface area (Å²) in [6, 6.07) is 5.76. The van der Waals surface area contributed by atoms with Crippen LogP contribution in [0.3, 0.4) is 0 Å². The van der Waals surface area contributed by atoms with E-state index in [2.05, 4.69) is 15.9 Å². The third kappa shape index (κ3) is 3.08. The lowest BCUT2D eigenvalue weighted by Crippen LogP contribution is -2.34. The summed E-state index contributed by atoms with van der Waals surface area (Å²) in [5, 5.41) is 0. The van der Waals surface area contributed by atoms with Crippen molar-refractivity contribution in [3.05, 3.63) is 28.2 Å². The van der Waals surface area contributed by atoms with E-state index < -0.39 is 0 Å². The van der Waals surface area contributed by atoms with E-state index in [0.717, 1.165) is 15.8 Å². The molecular formula is C17H21BrO2. The van der Waals surface area contributed by atoms with Gasteiger partial charge < -0.3 is 4.74 Å². The quantitative estimate of drug-likeness (QED) is 0.709. The number of ketones is 1. The summed E-state index contributed by atoms with van der Waals surface area (Å²) < 4.78 is 7.09. The van der Waals surface area contributed by atoms with Gasteiger partial charge in [-0.1, -0.05) is 48.0 Å². The summed E-state index contributed by atoms with van der Waals surface area (Å²) in [5.74, 6) is 1.56. The number of fused-ring (bicyclic) bond motifs is 1. The maximum absolute atomic E-state index is 12.3. The van der Waals surface area contributed by atoms with Crippen molar-refractivity contribution < 1.29 is 9.53 Å². The Morgan fingerprint density at radius 2 is 1.75 bits per heavy atom. The van der Waals surface area contributed by atoms with Crippen LogP contribution in [-0.2, 0) is 0 Å². The largest absolute Gasteiger partial charge is 0.489 e. The number of Topliss-reactive ketones (excluding diaryl/α,β-unsaturated/α-hetero) is 1. The molecule has 1 unspecified atom stereocenters. The minimum absolute atomic E-state index is 0.0919. The van der Waals surface area contributed by atoms with E-state index in [0.29, 0.717) is 12.3 Å². The molecule has 0 amide bonds. The first-order valence-corrected chi connectivity index (χ1v) is 8.53. The summed E-state index contributed by atoms with van der Waals surface area (Å²) in [7, 11) is 0. The second kappa shape index (κ2) is 6.30. The standard InChI is InChI=1S/C17H21BrO2/c18-13-8-9-16-14(10-13)15(19)11-17(20-16)12-6-4-2-1-3-5-7-12/h8-10,12,17H,1-7,11H2. The fraction of sp³-hybridized carbons (Fsp3) is 0.588. The topological polar surface area (TPSA) is 26.3 Å². The van der Waals surface area contributed by atoms with E-state index in [1.807, 2.05) is 18.2 Å². The molecule has 2 nitrogen and oxygen atoms in total. The van der Waals surface area contributed by atoms with Crippen LogP contribution in [0.15, 0.2) is 22.7 Å². The number of ether oxygens (including phenoxy) is 1. The lowest BCUT2D eigenvalue weighted by atomic mass is 9.83. The molecule has 108 valence electrons. The highest BCUT2D eigenvalue weighted by atomic mass is 79.9. The highest BCUT2D eigenvalue weighted by molar-refractivity contribution is 9.10. The van der Waals surface area contributed by atoms with E-state index in [4.69, 9.17) is 4.74 Å². The van der Waals surface area contributed by atoms with Gasteiger partial charge in [-0.15, -0.1) is 0 Å². The van der Waals surface area contributed by atoms with Gasteiger partial charge in [0.2, 0.25) is 0 Å². The average Bonchev–Trinajstić information content (AvgIpc) is 2.39. The number of halogens is 1. The second-order valence-electron chi connectivity index (χ2n) is 6.03. The number of hydrogen-bond donors (Lipinski definition) is 0. The zero-order valence-corrected chi connectivity index (χ0v) is 13.3. The van der Waals surface area contributed by atoms with Gasteiger partial charge in [-0.25, -0.2) is 0 Å². The summed E-state index contributed by atoms with van der Waals surface area (Å²) in [6.45, 7) is 0. The third-order valence-electron chi connectivity index (χ3n) is 4.58. The van der Waals surface area contributed by atoms with Crippen molar-refractivity contribution in [3.8, 4) is 5.75 Å². The summed E-state index contributed by atoms with van der Waals surface area (Å²) in [5.41, 5.74) is 0.737. The average molecular weight is 337 g/mol. The van der Waals surface area contributed by atoms with Crippen LogP contribution in [0.25, 0.3) is 0 Å². The third-order valence-corrected chi connectivity index (χ3v) is 5.08. The molecule has 1 aromatic carbocycles. The lowest BCUT2D eigenvalue weighted by Gasteiger charge is -2.32. The van der Waals surface area contributed by atoms with Crippen molar-refractivity contribution in [1.82, 2.24) is 0 Å². The molecule has 3 heteroatoms. The molecule has 0 saturated heterocycles. The maximum atomic E-state index is 12.3. The Morgan fingerprint density at radius 1 is 1.05 bits per heavy atom. The van der Waals surface area contributed by atoms with Gasteiger partial charge in [-0.2, -0.15) is 0 Å². The van der Waals surface area contributed by atoms with Crippen LogP contribution in [-0.4, -0.2) is 11.9 Å². The SMILES string of the molecule is O=C1CC(C2CCCCCCC2)Oc2ccc(Br)cc21. The molecule has 1 atom stereocenters. The molecule has 20 heavy (non-hydrogen) atoms. The molecule has 2 aliphatic rings. The van der Waals surface area contributed by atoms with Gasteiger partial charge >= 0.3 is 0 Å². The Kier molecular flexibility index (Phi) is 4.45. The van der Waals surface area contributed by atoms with Crippen LogP contribution < -0.4 is 4.74 Å². The summed E-state index contributed by atoms with van der Waals surface area (Å²) in [4.78, 5) is 12.3. The monoisotopic (exact) mass is 336 g/mol. The van der Waals surface area contributed by atoms with Gasteiger partial charge in [0.05, 0.1) is 5.56 Å². The van der Waals surface area contributed by atoms with Crippen molar-refractivity contribution in [2.75, 3.05) is 0 Å². The Bertz CT molecular complexity index is 490. The Hall–Kier alpha value is -0.830. The molecule has 0 aromatic heterocycles. The second-order valence-corrected chi connectivity index (χ2v) is 6.94. The highest BCUT2D eigenvalue weighted by Gasteiger charge is 2.32. The van der Waals surface area contributed by atoms with Crippen molar-refractivity contribution in [3.63, 3.8) is 0 Å². The molecule has 1 aliphatic heterocycles. The van der Waals surface area contributed by atoms with Crippen LogP contribution in [0.2, 0.25) is 0 Å². The summed E-state index contributed by atoms with van der Waals surface area (Å²) >= 11 is 3.42. The van der Waals surface area contributed by atoms with Crippen LogP contribution in [0.1, 0.15) is 61.7 Å². The van der Waals surface area contributed by atoms with Gasteiger partial charge in [0.25, 0.3) is 0 Å². The van der Waals surface area contributed by atoms with Gasteiger partial charge in [-0.05, 0) is 37.0 Å². The molecule has 0 spiro atoms. The van der Waals surface area contributed by atoms with Crippen LogP contribution in [0, 0.1) is 5.92 Å². The molecule has 1 saturated carbocycles. The lowest BCUT2D eigenvalue weighted by molar-refractivity contribution is 0.0679. The Balaban J connectivity index is 1.76. The van der Waals surface area contributed by atoms with E-state index in [1.54, 1.807) is 0 Å². The van der Waals surface area contributed by atoms with Gasteiger partial charge in [0, 0.05) is 10.9 Å². The number of hydrogen-bond acceptors (Lipinski definition) is 2. The van der Waals surface area contributed by atoms with Crippen LogP contribution in [0.4, 0.5) is 0 Å². The van der Waals surface area contributed by atoms with Crippen molar-refractivity contribution in [2.45, 2.75) is 57.5 Å². The first-order valence-electron chi connectivity index (χ1n) is 7.73. The molecule has 1 fully saturated rings. The number of benzene rings is 1. The van der Waals surface area contributed by atoms with E-state index in [1.165, 1.54) is 44.9 Å². The molecule has 0 bridgehead atoms. The molecule has 0 radical (unpaired) electrons. The maximum Gasteiger partial charge on any atom is 0.170 e. The smallest absolute Gasteiger partial charge is 0.170 e. The normalized spacial score (nSPS) is 24.4. The predicted octanol–water partition coefficient (Wildman–Crippen LogP) is 5.14. The minimum atomic E-state index is 0.0919. The first-order chi connectivity index (χ1) is 9.74. The van der Waals surface area contributed by atoms with E-state index in [-0.39, 0.29) is 11.9 Å². The van der Waals surface area contributed by atoms with Crippen LogP contribution >= 0.6 is 15.9 Å². The Labute approximate surface area is 129 Å². The number of carbonyl (C=O) groups is 1. The highest BCUT2D eigenvalue weighted by Crippen LogP contribution is 2.36.